The maximum absolute atomic E-state index is 11.8. The van der Waals surface area contributed by atoms with Gasteiger partial charge in [0.1, 0.15) is 5.60 Å². The van der Waals surface area contributed by atoms with Gasteiger partial charge in [-0.3, -0.25) is 4.90 Å². The van der Waals surface area contributed by atoms with Crippen LogP contribution in [-0.2, 0) is 4.74 Å². The van der Waals surface area contributed by atoms with Gasteiger partial charge in [-0.1, -0.05) is 0 Å². The number of nitrogens with zero attached hydrogens (tertiary/aromatic N) is 2. The van der Waals surface area contributed by atoms with Crippen molar-refractivity contribution in [2.75, 3.05) is 26.2 Å². The molecule has 0 unspecified atom stereocenters. The Bertz CT molecular complexity index is 270. The molecule has 2 N–H and O–H groups in total. The molecule has 1 heterocycles. The molecule has 0 aromatic heterocycles. The van der Waals surface area contributed by atoms with Crippen LogP contribution >= 0.6 is 0 Å². The van der Waals surface area contributed by atoms with E-state index < -0.39 is 5.60 Å². The molecule has 1 saturated heterocycles. The number of nitrogens with two attached hydrogens (primary N) is 1. The fraction of sp³-hybridized carbons (Fsp3) is 0.917. The number of carbonyl (C=O) groups excluding carboxylic acids is 1. The molecule has 0 saturated carbocycles. The Kier molecular flexibility index (Phi) is 4.04. The SMILES string of the molecule is CC(C)(C)OC(=O)N1CCN(C(C)(C)N)CC1. The van der Waals surface area contributed by atoms with Crippen LogP contribution in [0.4, 0.5) is 4.79 Å². The van der Waals surface area contributed by atoms with Gasteiger partial charge >= 0.3 is 6.09 Å². The highest BCUT2D eigenvalue weighted by Gasteiger charge is 2.30. The van der Waals surface area contributed by atoms with E-state index in [-0.39, 0.29) is 11.8 Å². The highest BCUT2D eigenvalue weighted by molar-refractivity contribution is 5.68. The molecule has 0 aliphatic carbocycles. The van der Waals surface area contributed by atoms with Gasteiger partial charge in [0.25, 0.3) is 0 Å². The normalized spacial score (nSPS) is 19.3. The van der Waals surface area contributed by atoms with Gasteiger partial charge in [0, 0.05) is 26.2 Å². The summed E-state index contributed by atoms with van der Waals surface area (Å²) >= 11 is 0. The van der Waals surface area contributed by atoms with Crippen LogP contribution in [0.1, 0.15) is 34.6 Å². The predicted molar refractivity (Wildman–Crippen MR) is 67.6 cm³/mol. The summed E-state index contributed by atoms with van der Waals surface area (Å²) < 4.78 is 5.34. The first-order valence-electron chi connectivity index (χ1n) is 6.11. The van der Waals surface area contributed by atoms with Crippen LogP contribution in [0.5, 0.6) is 0 Å². The second-order valence-corrected chi connectivity index (χ2v) is 6.11. The summed E-state index contributed by atoms with van der Waals surface area (Å²) in [5, 5.41) is 0. The molecule has 100 valence electrons. The van der Waals surface area contributed by atoms with E-state index >= 15 is 0 Å². The molecule has 0 atom stereocenters. The Balaban J connectivity index is 2.45. The molecule has 1 rings (SSSR count). The highest BCUT2D eigenvalue weighted by Crippen LogP contribution is 2.14. The zero-order valence-corrected chi connectivity index (χ0v) is 11.6. The number of hydrogen-bond acceptors (Lipinski definition) is 4. The Morgan fingerprint density at radius 1 is 1.06 bits per heavy atom. The lowest BCUT2D eigenvalue weighted by Gasteiger charge is -2.42. The average molecular weight is 243 g/mol. The first-order valence-corrected chi connectivity index (χ1v) is 6.11. The molecule has 0 aromatic rings. The molecule has 0 aromatic carbocycles. The van der Waals surface area contributed by atoms with E-state index in [0.29, 0.717) is 13.1 Å². The molecule has 0 spiro atoms. The molecule has 1 aliphatic rings. The summed E-state index contributed by atoms with van der Waals surface area (Å²) in [6, 6.07) is 0. The van der Waals surface area contributed by atoms with Crippen LogP contribution in [0.25, 0.3) is 0 Å². The minimum atomic E-state index is -0.429. The second-order valence-electron chi connectivity index (χ2n) is 6.11. The number of ether oxygens (including phenoxy) is 1. The fourth-order valence-electron chi connectivity index (χ4n) is 1.79. The Hall–Kier alpha value is -0.810. The maximum Gasteiger partial charge on any atom is 0.410 e. The summed E-state index contributed by atoms with van der Waals surface area (Å²) in [6.45, 7) is 12.5. The molecule has 0 bridgehead atoms. The Morgan fingerprint density at radius 2 is 1.53 bits per heavy atom. The lowest BCUT2D eigenvalue weighted by Crippen LogP contribution is -2.59. The van der Waals surface area contributed by atoms with Crippen LogP contribution in [0.3, 0.4) is 0 Å². The van der Waals surface area contributed by atoms with Gasteiger partial charge in [0.2, 0.25) is 0 Å². The number of hydrogen-bond donors (Lipinski definition) is 1. The summed E-state index contributed by atoms with van der Waals surface area (Å²) in [7, 11) is 0. The van der Waals surface area contributed by atoms with Crippen molar-refractivity contribution >= 4 is 6.09 Å². The van der Waals surface area contributed by atoms with Crippen molar-refractivity contribution in [3.8, 4) is 0 Å². The van der Waals surface area contributed by atoms with Crippen molar-refractivity contribution in [2.24, 2.45) is 5.73 Å². The van der Waals surface area contributed by atoms with Crippen molar-refractivity contribution in [3.63, 3.8) is 0 Å². The number of piperazine rings is 1. The van der Waals surface area contributed by atoms with Crippen LogP contribution < -0.4 is 5.73 Å². The molecule has 1 aliphatic heterocycles. The Morgan fingerprint density at radius 3 is 1.88 bits per heavy atom. The van der Waals surface area contributed by atoms with Crippen molar-refractivity contribution < 1.29 is 9.53 Å². The maximum atomic E-state index is 11.8. The smallest absolute Gasteiger partial charge is 0.410 e. The highest BCUT2D eigenvalue weighted by atomic mass is 16.6. The largest absolute Gasteiger partial charge is 0.444 e. The summed E-state index contributed by atoms with van der Waals surface area (Å²) in [5.41, 5.74) is 5.28. The van der Waals surface area contributed by atoms with Gasteiger partial charge in [-0.2, -0.15) is 0 Å². The first-order chi connectivity index (χ1) is 7.59. The van der Waals surface area contributed by atoms with Crippen molar-refractivity contribution in [1.82, 2.24) is 9.80 Å². The lowest BCUT2D eigenvalue weighted by molar-refractivity contribution is 0.00271. The first kappa shape index (κ1) is 14.3. The van der Waals surface area contributed by atoms with E-state index in [9.17, 15) is 4.79 Å². The summed E-state index contributed by atoms with van der Waals surface area (Å²) in [4.78, 5) is 15.7. The number of rotatable bonds is 1. The monoisotopic (exact) mass is 243 g/mol. The van der Waals surface area contributed by atoms with Gasteiger partial charge in [0.15, 0.2) is 0 Å². The van der Waals surface area contributed by atoms with E-state index in [1.807, 2.05) is 34.6 Å². The molecule has 1 amide bonds. The molecular weight excluding hydrogens is 218 g/mol. The fourth-order valence-corrected chi connectivity index (χ4v) is 1.79. The van der Waals surface area contributed by atoms with Crippen LogP contribution in [0.15, 0.2) is 0 Å². The molecule has 1 fully saturated rings. The van der Waals surface area contributed by atoms with Gasteiger partial charge < -0.3 is 15.4 Å². The third kappa shape index (κ3) is 4.52. The van der Waals surface area contributed by atoms with E-state index in [0.717, 1.165) is 13.1 Å². The van der Waals surface area contributed by atoms with Crippen LogP contribution in [-0.4, -0.2) is 53.3 Å². The molecule has 17 heavy (non-hydrogen) atoms. The Labute approximate surface area is 104 Å². The zero-order chi connectivity index (χ0) is 13.3. The third-order valence-electron chi connectivity index (χ3n) is 2.75. The lowest BCUT2D eigenvalue weighted by atomic mass is 10.2. The molecule has 5 heteroatoms. The molecular formula is C12H25N3O2. The van der Waals surface area contributed by atoms with Crippen molar-refractivity contribution in [3.05, 3.63) is 0 Å². The second kappa shape index (κ2) is 4.82. The summed E-state index contributed by atoms with van der Waals surface area (Å²) in [5.74, 6) is 0. The predicted octanol–water partition coefficient (Wildman–Crippen LogP) is 1.23. The van der Waals surface area contributed by atoms with E-state index in [4.69, 9.17) is 10.5 Å². The standard InChI is InChI=1S/C12H25N3O2/c1-11(2,3)17-10(16)14-6-8-15(9-7-14)12(4,5)13/h6-9,13H2,1-5H3. The molecule has 5 nitrogen and oxygen atoms in total. The summed E-state index contributed by atoms with van der Waals surface area (Å²) in [6.07, 6.45) is -0.230. The minimum absolute atomic E-state index is 0.230. The van der Waals surface area contributed by atoms with Gasteiger partial charge in [-0.25, -0.2) is 4.79 Å². The van der Waals surface area contributed by atoms with E-state index in [1.54, 1.807) is 4.90 Å². The number of amides is 1. The van der Waals surface area contributed by atoms with Crippen LogP contribution in [0.2, 0.25) is 0 Å². The molecule has 0 radical (unpaired) electrons. The number of carbonyl (C=O) groups is 1. The average Bonchev–Trinajstić information content (AvgIpc) is 2.14. The van der Waals surface area contributed by atoms with Crippen molar-refractivity contribution in [2.45, 2.75) is 45.9 Å². The quantitative estimate of drug-likeness (QED) is 0.752. The van der Waals surface area contributed by atoms with E-state index in [1.165, 1.54) is 0 Å². The minimum Gasteiger partial charge on any atom is -0.444 e. The zero-order valence-electron chi connectivity index (χ0n) is 11.6. The van der Waals surface area contributed by atoms with Gasteiger partial charge in [-0.05, 0) is 34.6 Å². The third-order valence-corrected chi connectivity index (χ3v) is 2.75. The topological polar surface area (TPSA) is 58.8 Å². The van der Waals surface area contributed by atoms with Gasteiger partial charge in [-0.15, -0.1) is 0 Å². The van der Waals surface area contributed by atoms with Gasteiger partial charge in [0.05, 0.1) is 5.66 Å². The van der Waals surface area contributed by atoms with Crippen molar-refractivity contribution in [1.29, 1.82) is 0 Å². The van der Waals surface area contributed by atoms with E-state index in [2.05, 4.69) is 4.90 Å². The van der Waals surface area contributed by atoms with Crippen LogP contribution in [0, 0.1) is 0 Å².